The van der Waals surface area contributed by atoms with Gasteiger partial charge in [-0.2, -0.15) is 0 Å². The highest BCUT2D eigenvalue weighted by Crippen LogP contribution is 2.27. The number of hydrogen-bond acceptors (Lipinski definition) is 5. The van der Waals surface area contributed by atoms with Gasteiger partial charge in [0.1, 0.15) is 16.2 Å². The lowest BCUT2D eigenvalue weighted by atomic mass is 10.2. The fourth-order valence-electron chi connectivity index (χ4n) is 2.35. The molecule has 2 heterocycles. The van der Waals surface area contributed by atoms with Crippen LogP contribution in [0.4, 0.5) is 0 Å². The van der Waals surface area contributed by atoms with Crippen molar-refractivity contribution in [1.29, 1.82) is 0 Å². The molecule has 0 aliphatic rings. The van der Waals surface area contributed by atoms with Crippen molar-refractivity contribution in [2.24, 2.45) is 7.05 Å². The second-order valence-electron chi connectivity index (χ2n) is 6.21. The molecule has 2 aromatic heterocycles. The number of fused-ring (bicyclic) bond motifs is 1. The van der Waals surface area contributed by atoms with E-state index in [4.69, 9.17) is 0 Å². The predicted molar refractivity (Wildman–Crippen MR) is 94.4 cm³/mol. The molecule has 0 unspecified atom stereocenters. The van der Waals surface area contributed by atoms with Gasteiger partial charge in [-0.25, -0.2) is 14.8 Å². The molecule has 0 atom stereocenters. The summed E-state index contributed by atoms with van der Waals surface area (Å²) < 4.78 is 2.75. The quantitative estimate of drug-likeness (QED) is 0.620. The van der Waals surface area contributed by atoms with E-state index in [1.807, 2.05) is 20.8 Å². The van der Waals surface area contributed by atoms with Gasteiger partial charge in [0.05, 0.1) is 0 Å². The van der Waals surface area contributed by atoms with E-state index in [0.717, 1.165) is 11.0 Å². The topological polar surface area (TPSA) is 69.8 Å². The zero-order valence-electron chi connectivity index (χ0n) is 14.6. The van der Waals surface area contributed by atoms with Crippen LogP contribution in [0.15, 0.2) is 14.6 Å². The van der Waals surface area contributed by atoms with Crippen LogP contribution in [0.1, 0.15) is 52.8 Å². The van der Waals surface area contributed by atoms with Gasteiger partial charge in [0.25, 0.3) is 5.56 Å². The molecule has 0 amide bonds. The van der Waals surface area contributed by atoms with E-state index in [9.17, 15) is 9.59 Å². The Labute approximate surface area is 140 Å². The van der Waals surface area contributed by atoms with Crippen LogP contribution in [0.5, 0.6) is 0 Å². The number of aromatic nitrogens is 4. The minimum Gasteiger partial charge on any atom is -0.277 e. The third-order valence-electron chi connectivity index (χ3n) is 3.48. The average molecular weight is 336 g/mol. The highest BCUT2D eigenvalue weighted by atomic mass is 32.2. The Morgan fingerprint density at radius 2 is 1.78 bits per heavy atom. The summed E-state index contributed by atoms with van der Waals surface area (Å²) in [5.41, 5.74) is -0.184. The van der Waals surface area contributed by atoms with Gasteiger partial charge in [-0.15, -0.1) is 11.8 Å². The van der Waals surface area contributed by atoms with Crippen molar-refractivity contribution in [2.45, 2.75) is 63.8 Å². The molecule has 0 fully saturated rings. The lowest BCUT2D eigenvalue weighted by molar-refractivity contribution is 0.603. The predicted octanol–water partition coefficient (Wildman–Crippen LogP) is 2.52. The van der Waals surface area contributed by atoms with Gasteiger partial charge in [0, 0.05) is 24.8 Å². The third-order valence-corrected chi connectivity index (χ3v) is 4.47. The van der Waals surface area contributed by atoms with Crippen molar-refractivity contribution >= 4 is 22.8 Å². The Morgan fingerprint density at radius 3 is 2.30 bits per heavy atom. The van der Waals surface area contributed by atoms with E-state index in [-0.39, 0.29) is 22.4 Å². The first kappa shape index (κ1) is 17.7. The molecule has 0 aliphatic heterocycles. The van der Waals surface area contributed by atoms with Crippen LogP contribution in [-0.4, -0.2) is 24.4 Å². The Bertz CT molecular complexity index is 837. The fourth-order valence-corrected chi connectivity index (χ4v) is 3.23. The number of thioether (sulfide) groups is 1. The van der Waals surface area contributed by atoms with E-state index in [1.54, 1.807) is 4.57 Å². The first-order chi connectivity index (χ1) is 10.8. The zero-order valence-corrected chi connectivity index (χ0v) is 15.4. The van der Waals surface area contributed by atoms with E-state index < -0.39 is 0 Å². The molecule has 2 aromatic rings. The lowest BCUT2D eigenvalue weighted by Gasteiger charge is -2.15. The minimum absolute atomic E-state index is 0.125. The fraction of sp³-hybridized carbons (Fsp3) is 0.625. The molecule has 0 saturated carbocycles. The minimum atomic E-state index is -0.323. The second kappa shape index (κ2) is 6.86. The van der Waals surface area contributed by atoms with E-state index in [1.165, 1.54) is 18.8 Å². The smallest absolute Gasteiger partial charge is 0.277 e. The number of rotatable bonds is 5. The molecule has 2 rings (SSSR count). The molecule has 126 valence electrons. The van der Waals surface area contributed by atoms with Crippen LogP contribution in [0.2, 0.25) is 0 Å². The Morgan fingerprint density at radius 1 is 1.13 bits per heavy atom. The van der Waals surface area contributed by atoms with Crippen LogP contribution in [-0.2, 0) is 13.6 Å². The van der Waals surface area contributed by atoms with Gasteiger partial charge in [-0.05, 0) is 6.42 Å². The summed E-state index contributed by atoms with van der Waals surface area (Å²) in [5.74, 6) is 0.790. The highest BCUT2D eigenvalue weighted by molar-refractivity contribution is 8.00. The number of hydrogen-bond donors (Lipinski definition) is 0. The summed E-state index contributed by atoms with van der Waals surface area (Å²) >= 11 is 1.54. The molecule has 6 nitrogen and oxygen atoms in total. The molecule has 0 saturated heterocycles. The van der Waals surface area contributed by atoms with Gasteiger partial charge in [-0.3, -0.25) is 13.9 Å². The molecular weight excluding hydrogens is 312 g/mol. The van der Waals surface area contributed by atoms with E-state index >= 15 is 0 Å². The second-order valence-corrected chi connectivity index (χ2v) is 7.77. The molecule has 0 N–H and O–H groups in total. The molecule has 0 aliphatic carbocycles. The maximum atomic E-state index is 12.6. The van der Waals surface area contributed by atoms with Crippen LogP contribution in [0, 0.1) is 0 Å². The largest absolute Gasteiger partial charge is 0.332 e. The summed E-state index contributed by atoms with van der Waals surface area (Å²) in [5, 5.41) is 1.40. The maximum Gasteiger partial charge on any atom is 0.332 e. The Hall–Kier alpha value is -1.63. The highest BCUT2D eigenvalue weighted by Gasteiger charge is 2.20. The van der Waals surface area contributed by atoms with Gasteiger partial charge < -0.3 is 0 Å². The zero-order chi connectivity index (χ0) is 17.3. The summed E-state index contributed by atoms with van der Waals surface area (Å²) in [6, 6.07) is 0. The molecule has 0 spiro atoms. The number of nitrogens with zero attached hydrogens (tertiary/aromatic N) is 4. The van der Waals surface area contributed by atoms with Crippen molar-refractivity contribution in [1.82, 2.24) is 19.1 Å². The van der Waals surface area contributed by atoms with Crippen molar-refractivity contribution in [3.05, 3.63) is 26.7 Å². The molecule has 23 heavy (non-hydrogen) atoms. The molecular formula is C16H24N4O2S. The van der Waals surface area contributed by atoms with Gasteiger partial charge >= 0.3 is 5.69 Å². The normalized spacial score (nSPS) is 11.8. The Kier molecular flexibility index (Phi) is 5.29. The van der Waals surface area contributed by atoms with Crippen LogP contribution in [0.25, 0.3) is 11.0 Å². The van der Waals surface area contributed by atoms with E-state index in [0.29, 0.717) is 28.4 Å². The monoisotopic (exact) mass is 336 g/mol. The van der Waals surface area contributed by atoms with Crippen LogP contribution < -0.4 is 11.2 Å². The average Bonchev–Trinajstić information content (AvgIpc) is 2.48. The van der Waals surface area contributed by atoms with Gasteiger partial charge in [0.15, 0.2) is 5.65 Å². The Balaban J connectivity index is 2.98. The van der Waals surface area contributed by atoms with Crippen molar-refractivity contribution < 1.29 is 0 Å². The molecule has 7 heteroatoms. The van der Waals surface area contributed by atoms with Gasteiger partial charge in [-0.1, -0.05) is 34.6 Å². The standard InChI is InChI=1S/C16H24N4O2S/c1-7-8-20-13-11(15(21)19(6)16(20)22)14(23-10(4)5)18-12(17-13)9(2)3/h9-10H,7-8H2,1-6H3. The summed E-state index contributed by atoms with van der Waals surface area (Å²) in [6.45, 7) is 10.7. The SMILES string of the molecule is CCCn1c(=O)n(C)c(=O)c2c(SC(C)C)nc(C(C)C)nc21. The summed E-state index contributed by atoms with van der Waals surface area (Å²) in [4.78, 5) is 34.3. The van der Waals surface area contributed by atoms with Crippen LogP contribution >= 0.6 is 11.8 Å². The molecule has 0 radical (unpaired) electrons. The number of aryl methyl sites for hydroxylation is 1. The van der Waals surface area contributed by atoms with Crippen molar-refractivity contribution in [3.8, 4) is 0 Å². The first-order valence-corrected chi connectivity index (χ1v) is 8.84. The molecule has 0 aromatic carbocycles. The first-order valence-electron chi connectivity index (χ1n) is 7.96. The van der Waals surface area contributed by atoms with Crippen molar-refractivity contribution in [2.75, 3.05) is 0 Å². The van der Waals surface area contributed by atoms with Crippen LogP contribution in [0.3, 0.4) is 0 Å². The van der Waals surface area contributed by atoms with Crippen molar-refractivity contribution in [3.63, 3.8) is 0 Å². The lowest BCUT2D eigenvalue weighted by Crippen LogP contribution is -2.39. The third kappa shape index (κ3) is 3.34. The van der Waals surface area contributed by atoms with E-state index in [2.05, 4.69) is 23.8 Å². The summed E-state index contributed by atoms with van der Waals surface area (Å²) in [7, 11) is 1.51. The van der Waals surface area contributed by atoms with Gasteiger partial charge in [0.2, 0.25) is 0 Å². The maximum absolute atomic E-state index is 12.6. The molecule has 0 bridgehead atoms. The summed E-state index contributed by atoms with van der Waals surface area (Å²) in [6.07, 6.45) is 0.793.